The van der Waals surface area contributed by atoms with E-state index in [-0.39, 0.29) is 12.0 Å². The highest BCUT2D eigenvalue weighted by atomic mass is 16.5. The van der Waals surface area contributed by atoms with Crippen molar-refractivity contribution in [3.05, 3.63) is 45.4 Å². The highest BCUT2D eigenvalue weighted by Crippen LogP contribution is 2.37. The first-order chi connectivity index (χ1) is 13.8. The minimum atomic E-state index is -0.959. The van der Waals surface area contributed by atoms with Crippen molar-refractivity contribution in [1.82, 2.24) is 14.8 Å². The number of hydrogen-bond donors (Lipinski definition) is 2. The first-order valence-corrected chi connectivity index (χ1v) is 9.34. The molecule has 0 radical (unpaired) electrons. The van der Waals surface area contributed by atoms with Gasteiger partial charge in [-0.3, -0.25) is 14.9 Å². The van der Waals surface area contributed by atoms with Gasteiger partial charge in [0.25, 0.3) is 5.56 Å². The lowest BCUT2D eigenvalue weighted by atomic mass is 9.90. The molecule has 1 atom stereocenters. The number of aryl methyl sites for hydroxylation is 1. The summed E-state index contributed by atoms with van der Waals surface area (Å²) in [5, 5.41) is 12.4. The Balaban J connectivity index is 2.19. The molecule has 1 aliphatic heterocycles. The molecule has 0 fully saturated rings. The zero-order chi connectivity index (χ0) is 21.3. The maximum atomic E-state index is 12.7. The summed E-state index contributed by atoms with van der Waals surface area (Å²) in [6, 6.07) is 3.10. The van der Waals surface area contributed by atoms with Gasteiger partial charge < -0.3 is 24.0 Å². The highest BCUT2D eigenvalue weighted by Gasteiger charge is 2.28. The molecule has 156 valence electrons. The van der Waals surface area contributed by atoms with Gasteiger partial charge in [-0.25, -0.2) is 0 Å². The lowest BCUT2D eigenvalue weighted by Crippen LogP contribution is -2.44. The van der Waals surface area contributed by atoms with E-state index in [1.54, 1.807) is 27.5 Å². The van der Waals surface area contributed by atoms with Crippen molar-refractivity contribution in [2.75, 3.05) is 28.3 Å². The molecule has 1 aromatic carbocycles. The van der Waals surface area contributed by atoms with Crippen LogP contribution < -0.4 is 20.3 Å². The molecule has 0 spiro atoms. The number of aromatic nitrogens is 1. The van der Waals surface area contributed by atoms with E-state index in [0.717, 1.165) is 22.3 Å². The lowest BCUT2D eigenvalue weighted by Gasteiger charge is -2.26. The smallest absolute Gasteiger partial charge is 0.321 e. The Hall–Kier alpha value is -2.84. The van der Waals surface area contributed by atoms with Gasteiger partial charge in [-0.05, 0) is 37.4 Å². The van der Waals surface area contributed by atoms with Gasteiger partial charge in [0, 0.05) is 43.9 Å². The normalized spacial score (nSPS) is 15.9. The summed E-state index contributed by atoms with van der Waals surface area (Å²) in [5.41, 5.74) is 3.82. The van der Waals surface area contributed by atoms with Crippen LogP contribution in [0.2, 0.25) is 0 Å². The number of benzene rings is 1. The Morgan fingerprint density at radius 1 is 1.24 bits per heavy atom. The molecule has 1 aromatic heterocycles. The standard InChI is InChI=1S/C21H27N3O5/c1-23(2)10-16-18(28-4)6-12(7-19(16)29-5)15-11-24(3)20(25)13-8-17(21(26)27)22-9-14(13)15/h6-7,11,17,22H,8-10H2,1-5H3,(H,26,27). The Bertz CT molecular complexity index is 972. The van der Waals surface area contributed by atoms with Gasteiger partial charge in [0.2, 0.25) is 0 Å². The van der Waals surface area contributed by atoms with Crippen LogP contribution in [0.1, 0.15) is 16.7 Å². The zero-order valence-corrected chi connectivity index (χ0v) is 17.4. The summed E-state index contributed by atoms with van der Waals surface area (Å²) in [6.07, 6.45) is 1.93. The molecule has 0 bridgehead atoms. The predicted octanol–water partition coefficient (Wildman–Crippen LogP) is 1.23. The first-order valence-electron chi connectivity index (χ1n) is 9.34. The van der Waals surface area contributed by atoms with Crippen LogP contribution in [0.4, 0.5) is 0 Å². The maximum absolute atomic E-state index is 12.7. The second-order valence-electron chi connectivity index (χ2n) is 7.49. The third kappa shape index (κ3) is 3.99. The fourth-order valence-electron chi connectivity index (χ4n) is 3.78. The summed E-state index contributed by atoms with van der Waals surface area (Å²) in [5.74, 6) is 0.435. The van der Waals surface area contributed by atoms with E-state index in [2.05, 4.69) is 5.32 Å². The number of hydrogen-bond acceptors (Lipinski definition) is 6. The van der Waals surface area contributed by atoms with E-state index in [1.165, 1.54) is 4.57 Å². The van der Waals surface area contributed by atoms with Crippen molar-refractivity contribution in [3.63, 3.8) is 0 Å². The van der Waals surface area contributed by atoms with E-state index in [0.29, 0.717) is 30.2 Å². The SMILES string of the molecule is COc1cc(-c2cn(C)c(=O)c3c2CNC(C(=O)O)C3)cc(OC)c1CN(C)C. The van der Waals surface area contributed by atoms with E-state index in [9.17, 15) is 14.7 Å². The van der Waals surface area contributed by atoms with Gasteiger partial charge in [-0.15, -0.1) is 0 Å². The highest BCUT2D eigenvalue weighted by molar-refractivity contribution is 5.76. The average Bonchev–Trinajstić information content (AvgIpc) is 2.70. The van der Waals surface area contributed by atoms with Crippen LogP contribution in [0, 0.1) is 0 Å². The molecule has 3 rings (SSSR count). The van der Waals surface area contributed by atoms with E-state index < -0.39 is 12.0 Å². The van der Waals surface area contributed by atoms with E-state index in [1.807, 2.05) is 31.1 Å². The molecular weight excluding hydrogens is 374 g/mol. The second kappa shape index (κ2) is 8.26. The van der Waals surface area contributed by atoms with Gasteiger partial charge in [-0.2, -0.15) is 0 Å². The Kier molecular flexibility index (Phi) is 5.95. The van der Waals surface area contributed by atoms with E-state index >= 15 is 0 Å². The number of fused-ring (bicyclic) bond motifs is 1. The predicted molar refractivity (Wildman–Crippen MR) is 110 cm³/mol. The molecule has 29 heavy (non-hydrogen) atoms. The third-order valence-electron chi connectivity index (χ3n) is 5.22. The molecule has 0 amide bonds. The molecule has 2 heterocycles. The first kappa shape index (κ1) is 20.9. The van der Waals surface area contributed by atoms with Crippen molar-refractivity contribution in [2.45, 2.75) is 25.6 Å². The number of carboxylic acids is 1. The number of aliphatic carboxylic acids is 1. The van der Waals surface area contributed by atoms with Gasteiger partial charge in [0.15, 0.2) is 0 Å². The Labute approximate surface area is 169 Å². The van der Waals surface area contributed by atoms with Crippen LogP contribution in [0.15, 0.2) is 23.1 Å². The Morgan fingerprint density at radius 2 is 1.86 bits per heavy atom. The largest absolute Gasteiger partial charge is 0.496 e. The molecule has 2 aromatic rings. The van der Waals surface area contributed by atoms with Gasteiger partial charge in [0.1, 0.15) is 17.5 Å². The van der Waals surface area contributed by atoms with Crippen LogP contribution in [0.25, 0.3) is 11.1 Å². The van der Waals surface area contributed by atoms with Crippen molar-refractivity contribution in [1.29, 1.82) is 0 Å². The maximum Gasteiger partial charge on any atom is 0.321 e. The summed E-state index contributed by atoms with van der Waals surface area (Å²) in [6.45, 7) is 0.960. The van der Waals surface area contributed by atoms with Gasteiger partial charge >= 0.3 is 5.97 Å². The molecule has 2 N–H and O–H groups in total. The number of pyridine rings is 1. The number of carboxylic acid groups (broad SMARTS) is 1. The Morgan fingerprint density at radius 3 is 2.38 bits per heavy atom. The average molecular weight is 401 g/mol. The van der Waals surface area contributed by atoms with Gasteiger partial charge in [0.05, 0.1) is 19.8 Å². The van der Waals surface area contributed by atoms with Crippen LogP contribution in [-0.4, -0.2) is 54.9 Å². The molecule has 0 saturated heterocycles. The summed E-state index contributed by atoms with van der Waals surface area (Å²) in [4.78, 5) is 26.1. The quantitative estimate of drug-likeness (QED) is 0.752. The fraction of sp³-hybridized carbons (Fsp3) is 0.429. The van der Waals surface area contributed by atoms with Crippen molar-refractivity contribution < 1.29 is 19.4 Å². The molecule has 1 unspecified atom stereocenters. The van der Waals surface area contributed by atoms with Crippen molar-refractivity contribution in [2.24, 2.45) is 7.05 Å². The van der Waals surface area contributed by atoms with Crippen molar-refractivity contribution >= 4 is 5.97 Å². The van der Waals surface area contributed by atoms with Crippen molar-refractivity contribution in [3.8, 4) is 22.6 Å². The molecule has 8 heteroatoms. The molecule has 1 aliphatic rings. The summed E-state index contributed by atoms with van der Waals surface area (Å²) < 4.78 is 12.8. The summed E-state index contributed by atoms with van der Waals surface area (Å²) in [7, 11) is 8.86. The fourth-order valence-corrected chi connectivity index (χ4v) is 3.78. The molecular formula is C21H27N3O5. The number of methoxy groups -OCH3 is 2. The topological polar surface area (TPSA) is 93.0 Å². The second-order valence-corrected chi connectivity index (χ2v) is 7.49. The minimum Gasteiger partial charge on any atom is -0.496 e. The van der Waals surface area contributed by atoms with Crippen LogP contribution >= 0.6 is 0 Å². The number of nitrogens with zero attached hydrogens (tertiary/aromatic N) is 2. The lowest BCUT2D eigenvalue weighted by molar-refractivity contribution is -0.139. The van der Waals surface area contributed by atoms with E-state index in [4.69, 9.17) is 9.47 Å². The van der Waals surface area contributed by atoms with Crippen LogP contribution in [0.5, 0.6) is 11.5 Å². The number of ether oxygens (including phenoxy) is 2. The number of carbonyl (C=O) groups is 1. The van der Waals surface area contributed by atoms with Crippen LogP contribution in [-0.2, 0) is 31.4 Å². The monoisotopic (exact) mass is 401 g/mol. The summed E-state index contributed by atoms with van der Waals surface area (Å²) >= 11 is 0. The number of rotatable bonds is 6. The van der Waals surface area contributed by atoms with Crippen LogP contribution in [0.3, 0.4) is 0 Å². The zero-order valence-electron chi connectivity index (χ0n) is 17.4. The molecule has 0 aliphatic carbocycles. The van der Waals surface area contributed by atoms with Gasteiger partial charge in [-0.1, -0.05) is 0 Å². The minimum absolute atomic E-state index is 0.151. The molecule has 8 nitrogen and oxygen atoms in total. The number of nitrogens with one attached hydrogen (secondary N) is 1. The molecule has 0 saturated carbocycles. The third-order valence-corrected chi connectivity index (χ3v) is 5.22.